The highest BCUT2D eigenvalue weighted by molar-refractivity contribution is 6.33. The summed E-state index contributed by atoms with van der Waals surface area (Å²) in [5.41, 5.74) is 7.77. The third kappa shape index (κ3) is 3.22. The van der Waals surface area contributed by atoms with Crippen LogP contribution in [0.2, 0.25) is 5.02 Å². The SMILES string of the molecule is CCN(Cc1ccncc1)c1nccc(CN)c1Cl. The van der Waals surface area contributed by atoms with E-state index in [4.69, 9.17) is 17.3 Å². The Labute approximate surface area is 118 Å². The topological polar surface area (TPSA) is 55.0 Å². The molecule has 2 heterocycles. The lowest BCUT2D eigenvalue weighted by molar-refractivity contribution is 0.810. The monoisotopic (exact) mass is 276 g/mol. The number of hydrogen-bond donors (Lipinski definition) is 1. The summed E-state index contributed by atoms with van der Waals surface area (Å²) in [5, 5.41) is 0.640. The van der Waals surface area contributed by atoms with Crippen LogP contribution >= 0.6 is 11.6 Å². The Hall–Kier alpha value is -1.65. The molecule has 0 bridgehead atoms. The Kier molecular flexibility index (Phi) is 4.71. The Morgan fingerprint density at radius 3 is 2.58 bits per heavy atom. The van der Waals surface area contributed by atoms with E-state index in [1.165, 1.54) is 5.56 Å². The molecular weight excluding hydrogens is 260 g/mol. The Morgan fingerprint density at radius 2 is 1.95 bits per heavy atom. The number of rotatable bonds is 5. The standard InChI is InChI=1S/C14H17ClN4/c1-2-19(10-11-3-6-17-7-4-11)14-13(15)12(9-16)5-8-18-14/h3-8H,2,9-10,16H2,1H3. The quantitative estimate of drug-likeness (QED) is 0.912. The first kappa shape index (κ1) is 13.8. The summed E-state index contributed by atoms with van der Waals surface area (Å²) in [6, 6.07) is 5.83. The molecule has 2 rings (SSSR count). The molecule has 5 heteroatoms. The third-order valence-electron chi connectivity index (χ3n) is 2.97. The predicted octanol–water partition coefficient (Wildman–Crippen LogP) is 2.62. The maximum atomic E-state index is 6.35. The van der Waals surface area contributed by atoms with Crippen LogP contribution in [0, 0.1) is 0 Å². The molecule has 0 atom stereocenters. The van der Waals surface area contributed by atoms with Gasteiger partial charge in [0.05, 0.1) is 5.02 Å². The molecule has 2 aromatic heterocycles. The van der Waals surface area contributed by atoms with Gasteiger partial charge in [-0.25, -0.2) is 4.98 Å². The molecule has 2 aromatic rings. The van der Waals surface area contributed by atoms with Gasteiger partial charge in [-0.15, -0.1) is 0 Å². The van der Waals surface area contributed by atoms with Gasteiger partial charge in [0.15, 0.2) is 0 Å². The van der Waals surface area contributed by atoms with E-state index in [-0.39, 0.29) is 0 Å². The molecule has 0 unspecified atom stereocenters. The zero-order valence-corrected chi connectivity index (χ0v) is 11.6. The zero-order chi connectivity index (χ0) is 13.7. The number of halogens is 1. The number of nitrogens with zero attached hydrogens (tertiary/aromatic N) is 3. The van der Waals surface area contributed by atoms with Crippen molar-refractivity contribution in [1.82, 2.24) is 9.97 Å². The number of pyridine rings is 2. The highest BCUT2D eigenvalue weighted by atomic mass is 35.5. The molecule has 0 aliphatic carbocycles. The van der Waals surface area contributed by atoms with E-state index in [9.17, 15) is 0 Å². The van der Waals surface area contributed by atoms with Crippen molar-refractivity contribution >= 4 is 17.4 Å². The van der Waals surface area contributed by atoms with Gasteiger partial charge in [-0.2, -0.15) is 0 Å². The lowest BCUT2D eigenvalue weighted by Crippen LogP contribution is -2.24. The van der Waals surface area contributed by atoms with E-state index >= 15 is 0 Å². The van der Waals surface area contributed by atoms with Crippen molar-refractivity contribution in [2.75, 3.05) is 11.4 Å². The van der Waals surface area contributed by atoms with Crippen molar-refractivity contribution in [3.05, 3.63) is 52.9 Å². The van der Waals surface area contributed by atoms with Gasteiger partial charge in [-0.05, 0) is 36.2 Å². The molecule has 0 radical (unpaired) electrons. The lowest BCUT2D eigenvalue weighted by Gasteiger charge is -2.23. The Morgan fingerprint density at radius 1 is 1.21 bits per heavy atom. The number of aromatic nitrogens is 2. The van der Waals surface area contributed by atoms with Gasteiger partial charge < -0.3 is 10.6 Å². The Balaban J connectivity index is 2.27. The first-order valence-electron chi connectivity index (χ1n) is 6.23. The van der Waals surface area contributed by atoms with Crippen LogP contribution in [-0.4, -0.2) is 16.5 Å². The van der Waals surface area contributed by atoms with Crippen LogP contribution in [0.5, 0.6) is 0 Å². The smallest absolute Gasteiger partial charge is 0.147 e. The maximum Gasteiger partial charge on any atom is 0.147 e. The maximum absolute atomic E-state index is 6.35. The van der Waals surface area contributed by atoms with Crippen molar-refractivity contribution in [1.29, 1.82) is 0 Å². The molecule has 0 saturated heterocycles. The molecule has 19 heavy (non-hydrogen) atoms. The number of anilines is 1. The van der Waals surface area contributed by atoms with E-state index in [1.807, 2.05) is 18.2 Å². The lowest BCUT2D eigenvalue weighted by atomic mass is 10.2. The van der Waals surface area contributed by atoms with Gasteiger partial charge in [-0.3, -0.25) is 4.98 Å². The summed E-state index contributed by atoms with van der Waals surface area (Å²) in [4.78, 5) is 10.5. The normalized spacial score (nSPS) is 10.5. The summed E-state index contributed by atoms with van der Waals surface area (Å²) in [7, 11) is 0. The average Bonchev–Trinajstić information content (AvgIpc) is 2.46. The van der Waals surface area contributed by atoms with Crippen LogP contribution in [0.25, 0.3) is 0 Å². The van der Waals surface area contributed by atoms with Gasteiger partial charge in [0.2, 0.25) is 0 Å². The van der Waals surface area contributed by atoms with Crippen molar-refractivity contribution in [3.63, 3.8) is 0 Å². The molecule has 0 amide bonds. The van der Waals surface area contributed by atoms with Crippen molar-refractivity contribution in [3.8, 4) is 0 Å². The van der Waals surface area contributed by atoms with Crippen LogP contribution in [0.3, 0.4) is 0 Å². The minimum atomic E-state index is 0.418. The third-order valence-corrected chi connectivity index (χ3v) is 3.39. The zero-order valence-electron chi connectivity index (χ0n) is 10.9. The van der Waals surface area contributed by atoms with Gasteiger partial charge in [-0.1, -0.05) is 11.6 Å². The number of hydrogen-bond acceptors (Lipinski definition) is 4. The number of nitrogens with two attached hydrogens (primary N) is 1. The Bertz CT molecular complexity index is 530. The highest BCUT2D eigenvalue weighted by Gasteiger charge is 2.13. The fraction of sp³-hybridized carbons (Fsp3) is 0.286. The molecule has 0 saturated carbocycles. The van der Waals surface area contributed by atoms with Crippen molar-refractivity contribution in [2.45, 2.75) is 20.0 Å². The minimum absolute atomic E-state index is 0.418. The van der Waals surface area contributed by atoms with E-state index in [0.717, 1.165) is 24.5 Å². The second-order valence-corrected chi connectivity index (χ2v) is 4.56. The minimum Gasteiger partial charge on any atom is -0.351 e. The largest absolute Gasteiger partial charge is 0.351 e. The summed E-state index contributed by atoms with van der Waals surface area (Å²) in [5.74, 6) is 0.781. The summed E-state index contributed by atoms with van der Waals surface area (Å²) < 4.78 is 0. The van der Waals surface area contributed by atoms with E-state index in [0.29, 0.717) is 11.6 Å². The van der Waals surface area contributed by atoms with Crippen LogP contribution in [-0.2, 0) is 13.1 Å². The molecule has 2 N–H and O–H groups in total. The van der Waals surface area contributed by atoms with Crippen molar-refractivity contribution < 1.29 is 0 Å². The van der Waals surface area contributed by atoms with Crippen LogP contribution in [0.4, 0.5) is 5.82 Å². The van der Waals surface area contributed by atoms with E-state index < -0.39 is 0 Å². The summed E-state index contributed by atoms with van der Waals surface area (Å²) in [6.07, 6.45) is 5.32. The van der Waals surface area contributed by atoms with E-state index in [1.54, 1.807) is 18.6 Å². The van der Waals surface area contributed by atoms with Gasteiger partial charge >= 0.3 is 0 Å². The molecular formula is C14H17ClN4. The molecule has 0 aromatic carbocycles. The fourth-order valence-electron chi connectivity index (χ4n) is 1.89. The highest BCUT2D eigenvalue weighted by Crippen LogP contribution is 2.27. The van der Waals surface area contributed by atoms with Gasteiger partial charge in [0.1, 0.15) is 5.82 Å². The first-order chi connectivity index (χ1) is 9.26. The van der Waals surface area contributed by atoms with Gasteiger partial charge in [0, 0.05) is 38.2 Å². The van der Waals surface area contributed by atoms with Crippen molar-refractivity contribution in [2.24, 2.45) is 5.73 Å². The predicted molar refractivity (Wildman–Crippen MR) is 78.1 cm³/mol. The molecule has 0 spiro atoms. The van der Waals surface area contributed by atoms with Crippen LogP contribution < -0.4 is 10.6 Å². The molecule has 0 aliphatic rings. The fourth-order valence-corrected chi connectivity index (χ4v) is 2.20. The second kappa shape index (κ2) is 6.50. The van der Waals surface area contributed by atoms with E-state index in [2.05, 4.69) is 21.8 Å². The first-order valence-corrected chi connectivity index (χ1v) is 6.61. The average molecular weight is 277 g/mol. The van der Waals surface area contributed by atoms with Gasteiger partial charge in [0.25, 0.3) is 0 Å². The molecule has 0 aliphatic heterocycles. The summed E-state index contributed by atoms with van der Waals surface area (Å²) in [6.45, 7) is 4.07. The molecule has 0 fully saturated rings. The molecule has 4 nitrogen and oxygen atoms in total. The van der Waals surface area contributed by atoms with Crippen LogP contribution in [0.1, 0.15) is 18.1 Å². The molecule has 100 valence electrons. The second-order valence-electron chi connectivity index (χ2n) is 4.18. The summed E-state index contributed by atoms with van der Waals surface area (Å²) >= 11 is 6.35. The van der Waals surface area contributed by atoms with Crippen LogP contribution in [0.15, 0.2) is 36.8 Å².